The van der Waals surface area contributed by atoms with Crippen LogP contribution in [0, 0.1) is 11.7 Å². The molecule has 1 aliphatic rings. The zero-order valence-corrected chi connectivity index (χ0v) is 11.3. The van der Waals surface area contributed by atoms with Gasteiger partial charge in [-0.1, -0.05) is 12.1 Å². The van der Waals surface area contributed by atoms with Crippen molar-refractivity contribution >= 4 is 5.91 Å². The van der Waals surface area contributed by atoms with Crippen molar-refractivity contribution in [3.8, 4) is 0 Å². The molecule has 2 N–H and O–H groups in total. The van der Waals surface area contributed by atoms with E-state index in [1.807, 2.05) is 25.1 Å². The molecule has 0 aliphatic carbocycles. The number of carbonyl (C=O) groups is 1. The van der Waals surface area contributed by atoms with E-state index in [0.717, 1.165) is 18.7 Å². The fraction of sp³-hybridized carbons (Fsp3) is 0.500. The third-order valence-corrected chi connectivity index (χ3v) is 3.48. The monoisotopic (exact) mass is 265 g/mol. The standard InChI is InChI=1S/C14H20FN3O/c1-18(2)13(10-4-3-5-12(15)6-10)9-17-14(19)11-7-16-8-11/h3-6,11,13,16H,7-9H2,1-2H3,(H,17,19). The Bertz CT molecular complexity index is 446. The molecule has 1 heterocycles. The van der Waals surface area contributed by atoms with Crippen LogP contribution in [0.4, 0.5) is 4.39 Å². The van der Waals surface area contributed by atoms with Crippen molar-refractivity contribution in [3.05, 3.63) is 35.6 Å². The lowest BCUT2D eigenvalue weighted by Gasteiger charge is -2.29. The molecule has 4 nitrogen and oxygen atoms in total. The van der Waals surface area contributed by atoms with Crippen LogP contribution in [0.1, 0.15) is 11.6 Å². The Morgan fingerprint density at radius 2 is 2.26 bits per heavy atom. The topological polar surface area (TPSA) is 44.4 Å². The van der Waals surface area contributed by atoms with Gasteiger partial charge in [-0.05, 0) is 31.8 Å². The minimum Gasteiger partial charge on any atom is -0.354 e. The van der Waals surface area contributed by atoms with Crippen LogP contribution in [0.2, 0.25) is 0 Å². The van der Waals surface area contributed by atoms with Crippen LogP contribution in [-0.2, 0) is 4.79 Å². The lowest BCUT2D eigenvalue weighted by Crippen LogP contribution is -2.51. The number of halogens is 1. The van der Waals surface area contributed by atoms with Gasteiger partial charge in [0.25, 0.3) is 0 Å². The van der Waals surface area contributed by atoms with Gasteiger partial charge in [-0.15, -0.1) is 0 Å². The summed E-state index contributed by atoms with van der Waals surface area (Å²) in [6.45, 7) is 1.99. The first kappa shape index (κ1) is 14.0. The Balaban J connectivity index is 1.98. The third kappa shape index (κ3) is 3.52. The molecule has 0 bridgehead atoms. The first-order valence-electron chi connectivity index (χ1n) is 6.48. The molecule has 1 aromatic carbocycles. The summed E-state index contributed by atoms with van der Waals surface area (Å²) in [7, 11) is 3.85. The van der Waals surface area contributed by atoms with Gasteiger partial charge in [0, 0.05) is 19.6 Å². The molecule has 1 aliphatic heterocycles. The van der Waals surface area contributed by atoms with Gasteiger partial charge >= 0.3 is 0 Å². The molecule has 1 aromatic rings. The van der Waals surface area contributed by atoms with E-state index in [-0.39, 0.29) is 23.7 Å². The third-order valence-electron chi connectivity index (χ3n) is 3.48. The molecular formula is C14H20FN3O. The highest BCUT2D eigenvalue weighted by Gasteiger charge is 2.25. The number of hydrogen-bond acceptors (Lipinski definition) is 3. The van der Waals surface area contributed by atoms with Crippen molar-refractivity contribution in [2.75, 3.05) is 33.7 Å². The molecule has 1 atom stereocenters. The summed E-state index contributed by atoms with van der Waals surface area (Å²) >= 11 is 0. The summed E-state index contributed by atoms with van der Waals surface area (Å²) < 4.78 is 13.3. The number of benzene rings is 1. The second-order valence-electron chi connectivity index (χ2n) is 5.13. The Morgan fingerprint density at radius 3 is 2.79 bits per heavy atom. The minimum atomic E-state index is -0.251. The van der Waals surface area contributed by atoms with Gasteiger partial charge in [-0.3, -0.25) is 4.79 Å². The van der Waals surface area contributed by atoms with Crippen molar-refractivity contribution in [2.45, 2.75) is 6.04 Å². The Morgan fingerprint density at radius 1 is 1.53 bits per heavy atom. The normalized spacial score (nSPS) is 17.1. The van der Waals surface area contributed by atoms with Crippen LogP contribution in [0.15, 0.2) is 24.3 Å². The van der Waals surface area contributed by atoms with Crippen molar-refractivity contribution in [3.63, 3.8) is 0 Å². The molecule has 5 heteroatoms. The van der Waals surface area contributed by atoms with Gasteiger partial charge in [0.2, 0.25) is 5.91 Å². The van der Waals surface area contributed by atoms with Gasteiger partial charge in [-0.2, -0.15) is 0 Å². The van der Waals surface area contributed by atoms with Gasteiger partial charge < -0.3 is 15.5 Å². The van der Waals surface area contributed by atoms with E-state index < -0.39 is 0 Å². The fourth-order valence-electron chi connectivity index (χ4n) is 2.13. The molecule has 0 radical (unpaired) electrons. The summed E-state index contributed by atoms with van der Waals surface area (Å²) in [5, 5.41) is 6.01. The van der Waals surface area contributed by atoms with Crippen LogP contribution in [0.5, 0.6) is 0 Å². The van der Waals surface area contributed by atoms with Crippen LogP contribution >= 0.6 is 0 Å². The van der Waals surface area contributed by atoms with Crippen molar-refractivity contribution in [2.24, 2.45) is 5.92 Å². The molecule has 0 spiro atoms. The second kappa shape index (κ2) is 6.12. The summed E-state index contributed by atoms with van der Waals surface area (Å²) in [5.41, 5.74) is 0.872. The number of nitrogens with one attached hydrogen (secondary N) is 2. The van der Waals surface area contributed by atoms with Gasteiger partial charge in [0.05, 0.1) is 12.0 Å². The maximum atomic E-state index is 13.3. The molecular weight excluding hydrogens is 245 g/mol. The van der Waals surface area contributed by atoms with Gasteiger partial charge in [-0.25, -0.2) is 4.39 Å². The predicted octanol–water partition coefficient (Wildman–Crippen LogP) is 0.764. The Kier molecular flexibility index (Phi) is 4.50. The molecule has 1 amide bonds. The van der Waals surface area contributed by atoms with Crippen molar-refractivity contribution in [1.82, 2.24) is 15.5 Å². The van der Waals surface area contributed by atoms with E-state index in [9.17, 15) is 9.18 Å². The van der Waals surface area contributed by atoms with E-state index in [0.29, 0.717) is 6.54 Å². The second-order valence-corrected chi connectivity index (χ2v) is 5.13. The number of hydrogen-bond donors (Lipinski definition) is 2. The average Bonchev–Trinajstić information content (AvgIpc) is 2.26. The van der Waals surface area contributed by atoms with Crippen LogP contribution in [-0.4, -0.2) is 44.5 Å². The molecule has 104 valence electrons. The highest BCUT2D eigenvalue weighted by atomic mass is 19.1. The minimum absolute atomic E-state index is 0.0207. The molecule has 0 saturated carbocycles. The van der Waals surface area contributed by atoms with Crippen molar-refractivity contribution in [1.29, 1.82) is 0 Å². The summed E-state index contributed by atoms with van der Waals surface area (Å²) in [6.07, 6.45) is 0. The SMILES string of the molecule is CN(C)C(CNC(=O)C1CNC1)c1cccc(F)c1. The lowest BCUT2D eigenvalue weighted by molar-refractivity contribution is -0.126. The van der Waals surface area contributed by atoms with Crippen LogP contribution < -0.4 is 10.6 Å². The quantitative estimate of drug-likeness (QED) is 0.826. The van der Waals surface area contributed by atoms with E-state index in [2.05, 4.69) is 10.6 Å². The van der Waals surface area contributed by atoms with Gasteiger partial charge in [0.15, 0.2) is 0 Å². The van der Waals surface area contributed by atoms with E-state index in [1.54, 1.807) is 6.07 Å². The Hall–Kier alpha value is -1.46. The fourth-order valence-corrected chi connectivity index (χ4v) is 2.13. The predicted molar refractivity (Wildman–Crippen MR) is 72.2 cm³/mol. The maximum Gasteiger partial charge on any atom is 0.225 e. The zero-order valence-electron chi connectivity index (χ0n) is 11.3. The molecule has 1 saturated heterocycles. The van der Waals surface area contributed by atoms with E-state index in [1.165, 1.54) is 12.1 Å². The lowest BCUT2D eigenvalue weighted by atomic mass is 10.0. The highest BCUT2D eigenvalue weighted by Crippen LogP contribution is 2.18. The number of likely N-dealkylation sites (N-methyl/N-ethyl adjacent to an activating group) is 1. The molecule has 0 aromatic heterocycles. The molecule has 2 rings (SSSR count). The van der Waals surface area contributed by atoms with Gasteiger partial charge in [0.1, 0.15) is 5.82 Å². The highest BCUT2D eigenvalue weighted by molar-refractivity contribution is 5.80. The van der Waals surface area contributed by atoms with Crippen molar-refractivity contribution < 1.29 is 9.18 Å². The number of carbonyl (C=O) groups excluding carboxylic acids is 1. The summed E-state index contributed by atoms with van der Waals surface area (Å²) in [4.78, 5) is 13.8. The summed E-state index contributed by atoms with van der Waals surface area (Å²) in [6, 6.07) is 6.49. The number of amides is 1. The summed E-state index contributed by atoms with van der Waals surface area (Å²) in [5.74, 6) is -0.101. The Labute approximate surface area is 113 Å². The molecule has 19 heavy (non-hydrogen) atoms. The zero-order chi connectivity index (χ0) is 13.8. The first-order valence-corrected chi connectivity index (χ1v) is 6.48. The van der Waals surface area contributed by atoms with Crippen LogP contribution in [0.3, 0.4) is 0 Å². The van der Waals surface area contributed by atoms with E-state index >= 15 is 0 Å². The average molecular weight is 265 g/mol. The smallest absolute Gasteiger partial charge is 0.225 e. The molecule has 1 unspecified atom stereocenters. The number of rotatable bonds is 5. The molecule has 1 fully saturated rings. The number of nitrogens with zero attached hydrogens (tertiary/aromatic N) is 1. The first-order chi connectivity index (χ1) is 9.08. The maximum absolute atomic E-state index is 13.3. The van der Waals surface area contributed by atoms with Crippen LogP contribution in [0.25, 0.3) is 0 Å². The van der Waals surface area contributed by atoms with E-state index in [4.69, 9.17) is 0 Å². The largest absolute Gasteiger partial charge is 0.354 e.